The number of nitrogens with zero attached hydrogens (tertiary/aromatic N) is 1. The van der Waals surface area contributed by atoms with Crippen molar-refractivity contribution in [1.82, 2.24) is 9.62 Å². The van der Waals surface area contributed by atoms with Gasteiger partial charge in [0, 0.05) is 23.6 Å². The minimum absolute atomic E-state index is 0.0115. The minimum atomic E-state index is -3.93. The number of ether oxygens (including phenoxy) is 1. The predicted octanol–water partition coefficient (Wildman–Crippen LogP) is 3.56. The molecule has 0 aromatic heterocycles. The van der Waals surface area contributed by atoms with Gasteiger partial charge in [0.05, 0.1) is 12.0 Å². The third kappa shape index (κ3) is 6.01. The number of sulfonamides is 1. The Labute approximate surface area is 179 Å². The van der Waals surface area contributed by atoms with Gasteiger partial charge in [0.25, 0.3) is 0 Å². The number of amides is 1. The maximum atomic E-state index is 14.0. The van der Waals surface area contributed by atoms with Crippen LogP contribution in [0, 0.1) is 11.7 Å². The van der Waals surface area contributed by atoms with Crippen molar-refractivity contribution in [3.8, 4) is 5.75 Å². The molecule has 2 aromatic rings. The first-order valence-electron chi connectivity index (χ1n) is 8.90. The first-order valence-corrected chi connectivity index (χ1v) is 11.2. The number of rotatable bonds is 8. The zero-order valence-electron chi connectivity index (χ0n) is 16.6. The van der Waals surface area contributed by atoms with E-state index in [-0.39, 0.29) is 17.4 Å². The third-order valence-electron chi connectivity index (χ3n) is 4.38. The Hall–Kier alpha value is -1.97. The summed E-state index contributed by atoms with van der Waals surface area (Å²) >= 11 is 3.28. The second-order valence-electron chi connectivity index (χ2n) is 6.95. The lowest BCUT2D eigenvalue weighted by molar-refractivity contribution is -0.133. The van der Waals surface area contributed by atoms with Gasteiger partial charge >= 0.3 is 0 Å². The number of hydrogen-bond donors (Lipinski definition) is 1. The van der Waals surface area contributed by atoms with Gasteiger partial charge in [-0.3, -0.25) is 4.79 Å². The maximum absolute atomic E-state index is 14.0. The summed E-state index contributed by atoms with van der Waals surface area (Å²) in [6, 6.07) is 9.34. The highest BCUT2D eigenvalue weighted by Gasteiger charge is 2.30. The molecule has 158 valence electrons. The Balaban J connectivity index is 2.20. The fourth-order valence-electron chi connectivity index (χ4n) is 2.70. The number of methoxy groups -OCH3 is 1. The van der Waals surface area contributed by atoms with Gasteiger partial charge in [-0.2, -0.15) is 4.72 Å². The second kappa shape index (κ2) is 9.69. The maximum Gasteiger partial charge on any atom is 0.241 e. The van der Waals surface area contributed by atoms with Crippen LogP contribution >= 0.6 is 15.9 Å². The molecule has 0 saturated carbocycles. The van der Waals surface area contributed by atoms with Crippen LogP contribution < -0.4 is 9.46 Å². The number of benzene rings is 2. The standard InChI is InChI=1S/C20H24BrFN2O4S/c1-13(2)19(23-29(26,27)17-8-6-16(28-4)7-9-17)20(25)24(3)12-14-11-15(21)5-10-18(14)22/h5-11,13,19,23H,12H2,1-4H3/t19-/m0/s1. The molecule has 0 spiro atoms. The Morgan fingerprint density at radius 3 is 2.38 bits per heavy atom. The topological polar surface area (TPSA) is 75.7 Å². The third-order valence-corrected chi connectivity index (χ3v) is 6.33. The average molecular weight is 487 g/mol. The molecule has 0 aliphatic heterocycles. The minimum Gasteiger partial charge on any atom is -0.497 e. The summed E-state index contributed by atoms with van der Waals surface area (Å²) in [5.74, 6) is -0.675. The van der Waals surface area contributed by atoms with Crippen molar-refractivity contribution in [3.05, 3.63) is 58.3 Å². The van der Waals surface area contributed by atoms with E-state index in [1.165, 1.54) is 49.4 Å². The van der Waals surface area contributed by atoms with Crippen LogP contribution in [0.5, 0.6) is 5.75 Å². The predicted molar refractivity (Wildman–Crippen MR) is 113 cm³/mol. The van der Waals surface area contributed by atoms with E-state index in [2.05, 4.69) is 20.7 Å². The molecule has 0 fully saturated rings. The quantitative estimate of drug-likeness (QED) is 0.618. The van der Waals surface area contributed by atoms with Crippen molar-refractivity contribution < 1.29 is 22.3 Å². The fraction of sp³-hybridized carbons (Fsp3) is 0.350. The number of nitrogens with one attached hydrogen (secondary N) is 1. The zero-order valence-corrected chi connectivity index (χ0v) is 19.1. The summed E-state index contributed by atoms with van der Waals surface area (Å²) in [6.07, 6.45) is 0. The summed E-state index contributed by atoms with van der Waals surface area (Å²) in [7, 11) is -0.931. The first kappa shape index (κ1) is 23.3. The lowest BCUT2D eigenvalue weighted by atomic mass is 10.0. The van der Waals surface area contributed by atoms with E-state index in [0.717, 1.165) is 0 Å². The van der Waals surface area contributed by atoms with Crippen molar-refractivity contribution in [2.45, 2.75) is 31.3 Å². The average Bonchev–Trinajstić information content (AvgIpc) is 2.68. The Bertz CT molecular complexity index is 965. The molecule has 0 aliphatic carbocycles. The molecule has 29 heavy (non-hydrogen) atoms. The summed E-state index contributed by atoms with van der Waals surface area (Å²) < 4.78 is 47.7. The Morgan fingerprint density at radius 2 is 1.83 bits per heavy atom. The molecule has 0 bridgehead atoms. The number of carbonyl (C=O) groups is 1. The monoisotopic (exact) mass is 486 g/mol. The van der Waals surface area contributed by atoms with E-state index in [1.54, 1.807) is 26.0 Å². The Morgan fingerprint density at radius 1 is 1.21 bits per heavy atom. The summed E-state index contributed by atoms with van der Waals surface area (Å²) in [5, 5.41) is 0. The van der Waals surface area contributed by atoms with Crippen LogP contribution in [0.4, 0.5) is 4.39 Å². The van der Waals surface area contributed by atoms with Gasteiger partial charge in [0.2, 0.25) is 15.9 Å². The van der Waals surface area contributed by atoms with E-state index in [1.807, 2.05) is 0 Å². The van der Waals surface area contributed by atoms with Gasteiger partial charge < -0.3 is 9.64 Å². The van der Waals surface area contributed by atoms with E-state index in [9.17, 15) is 17.6 Å². The molecule has 6 nitrogen and oxygen atoms in total. The normalized spacial score (nSPS) is 12.7. The molecule has 2 aromatic carbocycles. The van der Waals surface area contributed by atoms with Crippen LogP contribution in [0.3, 0.4) is 0 Å². The van der Waals surface area contributed by atoms with Crippen molar-refractivity contribution in [3.63, 3.8) is 0 Å². The highest BCUT2D eigenvalue weighted by Crippen LogP contribution is 2.20. The largest absolute Gasteiger partial charge is 0.497 e. The van der Waals surface area contributed by atoms with Crippen molar-refractivity contribution in [2.75, 3.05) is 14.2 Å². The summed E-state index contributed by atoms with van der Waals surface area (Å²) in [5.41, 5.74) is 0.329. The molecule has 2 rings (SSSR count). The van der Waals surface area contributed by atoms with E-state index >= 15 is 0 Å². The molecule has 1 amide bonds. The van der Waals surface area contributed by atoms with Crippen molar-refractivity contribution in [2.24, 2.45) is 5.92 Å². The van der Waals surface area contributed by atoms with Crippen molar-refractivity contribution in [1.29, 1.82) is 0 Å². The molecule has 1 N–H and O–H groups in total. The van der Waals surface area contributed by atoms with Crippen LogP contribution in [-0.4, -0.2) is 39.4 Å². The fourth-order valence-corrected chi connectivity index (χ4v) is 4.44. The molecular formula is C20H24BrFN2O4S. The van der Waals surface area contributed by atoms with Crippen LogP contribution in [0.15, 0.2) is 51.8 Å². The first-order chi connectivity index (χ1) is 13.5. The van der Waals surface area contributed by atoms with Gasteiger partial charge in [-0.1, -0.05) is 29.8 Å². The molecule has 0 radical (unpaired) electrons. The molecule has 0 aliphatic rings. The molecular weight excluding hydrogens is 463 g/mol. The molecule has 0 heterocycles. The van der Waals surface area contributed by atoms with Gasteiger partial charge in [-0.25, -0.2) is 12.8 Å². The highest BCUT2D eigenvalue weighted by atomic mass is 79.9. The van der Waals surface area contributed by atoms with Crippen LogP contribution in [0.2, 0.25) is 0 Å². The number of hydrogen-bond acceptors (Lipinski definition) is 4. The van der Waals surface area contributed by atoms with Crippen LogP contribution in [-0.2, 0) is 21.4 Å². The van der Waals surface area contributed by atoms with Crippen LogP contribution in [0.1, 0.15) is 19.4 Å². The van der Waals surface area contributed by atoms with Gasteiger partial charge in [0.15, 0.2) is 0 Å². The summed E-state index contributed by atoms with van der Waals surface area (Å²) in [6.45, 7) is 3.50. The van der Waals surface area contributed by atoms with Gasteiger partial charge in [-0.05, 0) is 48.4 Å². The highest BCUT2D eigenvalue weighted by molar-refractivity contribution is 9.10. The van der Waals surface area contributed by atoms with Gasteiger partial charge in [0.1, 0.15) is 17.6 Å². The smallest absolute Gasteiger partial charge is 0.241 e. The molecule has 1 atom stereocenters. The number of likely N-dealkylation sites (N-methyl/N-ethyl adjacent to an activating group) is 1. The lowest BCUT2D eigenvalue weighted by Crippen LogP contribution is -2.49. The molecule has 9 heteroatoms. The van der Waals surface area contributed by atoms with E-state index in [4.69, 9.17) is 4.74 Å². The molecule has 0 saturated heterocycles. The lowest BCUT2D eigenvalue weighted by Gasteiger charge is -2.27. The van der Waals surface area contributed by atoms with Gasteiger partial charge in [-0.15, -0.1) is 0 Å². The Kier molecular flexibility index (Phi) is 7.79. The second-order valence-corrected chi connectivity index (χ2v) is 9.58. The summed E-state index contributed by atoms with van der Waals surface area (Å²) in [4.78, 5) is 14.3. The molecule has 0 unspecified atom stereocenters. The zero-order chi connectivity index (χ0) is 21.8. The van der Waals surface area contributed by atoms with E-state index in [0.29, 0.717) is 15.8 Å². The SMILES string of the molecule is COc1ccc(S(=O)(=O)N[C@H](C(=O)N(C)Cc2cc(Br)ccc2F)C(C)C)cc1. The number of halogens is 2. The van der Waals surface area contributed by atoms with Crippen LogP contribution in [0.25, 0.3) is 0 Å². The number of carbonyl (C=O) groups excluding carboxylic acids is 1. The van der Waals surface area contributed by atoms with E-state index < -0.39 is 27.8 Å². The van der Waals surface area contributed by atoms with Crippen molar-refractivity contribution >= 4 is 31.9 Å².